The Balaban J connectivity index is 1.94. The van der Waals surface area contributed by atoms with Gasteiger partial charge in [-0.05, 0) is 51.7 Å². The second-order valence-corrected chi connectivity index (χ2v) is 9.42. The Hall–Kier alpha value is -2.31. The van der Waals surface area contributed by atoms with Crippen molar-refractivity contribution in [2.75, 3.05) is 23.9 Å². The molecular weight excluding hydrogens is 371 g/mol. The van der Waals surface area contributed by atoms with Gasteiger partial charge in [-0.15, -0.1) is 9.24 Å². The molecule has 1 unspecified atom stereocenters. The smallest absolute Gasteiger partial charge is 0.0432 e. The van der Waals surface area contributed by atoms with E-state index in [9.17, 15) is 0 Å². The van der Waals surface area contributed by atoms with Gasteiger partial charge in [0.2, 0.25) is 0 Å². The van der Waals surface area contributed by atoms with Crippen LogP contribution in [0.15, 0.2) is 72.8 Å². The number of rotatable bonds is 6. The molecule has 0 aliphatic carbocycles. The molecule has 0 bridgehead atoms. The highest BCUT2D eigenvalue weighted by Crippen LogP contribution is 2.27. The van der Waals surface area contributed by atoms with Crippen LogP contribution in [0.25, 0.3) is 0 Å². The van der Waals surface area contributed by atoms with Gasteiger partial charge in [0.1, 0.15) is 0 Å². The maximum atomic E-state index is 3.01. The first-order valence-electron chi connectivity index (χ1n) is 10.2. The monoisotopic (exact) mass is 404 g/mol. The third-order valence-corrected chi connectivity index (χ3v) is 6.17. The summed E-state index contributed by atoms with van der Waals surface area (Å²) in [5.74, 6) is 0. The fraction of sp³-hybridized carbons (Fsp3) is 0.308. The standard InChI is InChI=1S/C26H33N2P/c1-26(2,3)22-16-20(18-27(4)23-12-8-6-9-13-23)25(29)21(17-22)19-28(5)24-14-10-7-11-15-24/h6-17H,18-19,29H2,1-5H3. The summed E-state index contributed by atoms with van der Waals surface area (Å²) in [6.45, 7) is 8.64. The molecule has 3 aromatic carbocycles. The molecular formula is C26H33N2P. The summed E-state index contributed by atoms with van der Waals surface area (Å²) >= 11 is 0. The van der Waals surface area contributed by atoms with Gasteiger partial charge in [0.05, 0.1) is 0 Å². The molecule has 3 heteroatoms. The molecule has 3 aromatic rings. The highest BCUT2D eigenvalue weighted by molar-refractivity contribution is 7.27. The summed E-state index contributed by atoms with van der Waals surface area (Å²) in [4.78, 5) is 4.64. The molecule has 0 saturated heterocycles. The number of para-hydroxylation sites is 2. The molecule has 2 nitrogen and oxygen atoms in total. The van der Waals surface area contributed by atoms with E-state index in [1.165, 1.54) is 33.4 Å². The molecule has 0 saturated carbocycles. The normalized spacial score (nSPS) is 11.4. The largest absolute Gasteiger partial charge is 0.370 e. The van der Waals surface area contributed by atoms with Gasteiger partial charge in [0.25, 0.3) is 0 Å². The molecule has 1 atom stereocenters. The van der Waals surface area contributed by atoms with Crippen LogP contribution in [0.2, 0.25) is 0 Å². The first-order chi connectivity index (χ1) is 13.8. The molecule has 0 amide bonds. The molecule has 152 valence electrons. The Morgan fingerprint density at radius 2 is 1.07 bits per heavy atom. The quantitative estimate of drug-likeness (QED) is 0.482. The van der Waals surface area contributed by atoms with Crippen LogP contribution in [-0.2, 0) is 18.5 Å². The summed E-state index contributed by atoms with van der Waals surface area (Å²) in [5.41, 5.74) is 6.70. The molecule has 3 rings (SSSR count). The second-order valence-electron chi connectivity index (χ2n) is 8.84. The van der Waals surface area contributed by atoms with E-state index < -0.39 is 0 Å². The van der Waals surface area contributed by atoms with Crippen LogP contribution in [0.1, 0.15) is 37.5 Å². The minimum Gasteiger partial charge on any atom is -0.370 e. The van der Waals surface area contributed by atoms with E-state index in [4.69, 9.17) is 0 Å². The molecule has 29 heavy (non-hydrogen) atoms. The second kappa shape index (κ2) is 9.01. The van der Waals surface area contributed by atoms with E-state index in [0.29, 0.717) is 0 Å². The fourth-order valence-electron chi connectivity index (χ4n) is 3.53. The van der Waals surface area contributed by atoms with Gasteiger partial charge in [-0.3, -0.25) is 0 Å². The first kappa shape index (κ1) is 21.4. The van der Waals surface area contributed by atoms with Crippen LogP contribution < -0.4 is 15.1 Å². The van der Waals surface area contributed by atoms with Crippen molar-refractivity contribution < 1.29 is 0 Å². The number of nitrogens with zero attached hydrogens (tertiary/aromatic N) is 2. The average Bonchev–Trinajstić information content (AvgIpc) is 2.71. The van der Waals surface area contributed by atoms with Crippen LogP contribution in [0.3, 0.4) is 0 Å². The lowest BCUT2D eigenvalue weighted by molar-refractivity contribution is 0.588. The van der Waals surface area contributed by atoms with Crippen molar-refractivity contribution in [1.82, 2.24) is 0 Å². The third-order valence-electron chi connectivity index (χ3n) is 5.43. The first-order valence-corrected chi connectivity index (χ1v) is 10.8. The number of hydrogen-bond donors (Lipinski definition) is 0. The van der Waals surface area contributed by atoms with Crippen molar-refractivity contribution in [1.29, 1.82) is 0 Å². The summed E-state index contributed by atoms with van der Waals surface area (Å²) in [5, 5.41) is 1.31. The number of anilines is 2. The molecule has 0 aliphatic heterocycles. The lowest BCUT2D eigenvalue weighted by Crippen LogP contribution is -2.26. The molecule has 0 N–H and O–H groups in total. The lowest BCUT2D eigenvalue weighted by atomic mass is 9.84. The summed E-state index contributed by atoms with van der Waals surface area (Å²) < 4.78 is 0. The van der Waals surface area contributed by atoms with E-state index in [0.717, 1.165) is 13.1 Å². The van der Waals surface area contributed by atoms with E-state index in [2.05, 4.69) is 127 Å². The van der Waals surface area contributed by atoms with Gasteiger partial charge >= 0.3 is 0 Å². The van der Waals surface area contributed by atoms with E-state index >= 15 is 0 Å². The van der Waals surface area contributed by atoms with E-state index in [-0.39, 0.29) is 5.41 Å². The van der Waals surface area contributed by atoms with Crippen molar-refractivity contribution in [3.8, 4) is 0 Å². The van der Waals surface area contributed by atoms with Crippen LogP contribution in [-0.4, -0.2) is 14.1 Å². The van der Waals surface area contributed by atoms with Crippen molar-refractivity contribution in [2.24, 2.45) is 0 Å². The Labute approximate surface area is 178 Å². The van der Waals surface area contributed by atoms with Crippen LogP contribution in [0.5, 0.6) is 0 Å². The fourth-order valence-corrected chi connectivity index (χ4v) is 3.88. The predicted molar refractivity (Wildman–Crippen MR) is 132 cm³/mol. The average molecular weight is 405 g/mol. The molecule has 0 radical (unpaired) electrons. The highest BCUT2D eigenvalue weighted by Gasteiger charge is 2.19. The molecule has 0 aromatic heterocycles. The maximum absolute atomic E-state index is 3.01. The zero-order chi connectivity index (χ0) is 21.0. The number of hydrogen-bond acceptors (Lipinski definition) is 2. The Morgan fingerprint density at radius 3 is 1.41 bits per heavy atom. The van der Waals surface area contributed by atoms with Gasteiger partial charge in [-0.25, -0.2) is 0 Å². The summed E-state index contributed by atoms with van der Waals surface area (Å²) in [7, 11) is 7.34. The van der Waals surface area contributed by atoms with Crippen LogP contribution in [0.4, 0.5) is 11.4 Å². The molecule has 0 spiro atoms. The zero-order valence-electron chi connectivity index (χ0n) is 18.3. The minimum atomic E-state index is 0.110. The predicted octanol–water partition coefficient (Wildman–Crippen LogP) is 5.76. The lowest BCUT2D eigenvalue weighted by Gasteiger charge is -2.28. The highest BCUT2D eigenvalue weighted by atomic mass is 31.0. The number of benzene rings is 3. The van der Waals surface area contributed by atoms with Crippen molar-refractivity contribution in [3.63, 3.8) is 0 Å². The Bertz CT molecular complexity index is 861. The Kier molecular flexibility index (Phi) is 6.65. The minimum absolute atomic E-state index is 0.110. The molecule has 0 aliphatic rings. The van der Waals surface area contributed by atoms with Crippen molar-refractivity contribution in [3.05, 3.63) is 89.5 Å². The van der Waals surface area contributed by atoms with Crippen molar-refractivity contribution >= 4 is 25.9 Å². The van der Waals surface area contributed by atoms with Gasteiger partial charge in [-0.2, -0.15) is 0 Å². The zero-order valence-corrected chi connectivity index (χ0v) is 19.5. The maximum Gasteiger partial charge on any atom is 0.0432 e. The van der Waals surface area contributed by atoms with Crippen molar-refractivity contribution in [2.45, 2.75) is 39.3 Å². The van der Waals surface area contributed by atoms with Gasteiger partial charge < -0.3 is 9.80 Å². The summed E-state index contributed by atoms with van der Waals surface area (Å²) in [6, 6.07) is 26.0. The van der Waals surface area contributed by atoms with Gasteiger partial charge in [0.15, 0.2) is 0 Å². The molecule has 0 fully saturated rings. The third kappa shape index (κ3) is 5.40. The van der Waals surface area contributed by atoms with E-state index in [1.807, 2.05) is 0 Å². The molecule has 0 heterocycles. The Morgan fingerprint density at radius 1 is 0.690 bits per heavy atom. The summed E-state index contributed by atoms with van der Waals surface area (Å²) in [6.07, 6.45) is 0. The van der Waals surface area contributed by atoms with E-state index in [1.54, 1.807) is 0 Å². The van der Waals surface area contributed by atoms with Crippen LogP contribution in [0, 0.1) is 0 Å². The van der Waals surface area contributed by atoms with Crippen LogP contribution >= 0.6 is 9.24 Å². The van der Waals surface area contributed by atoms with Gasteiger partial charge in [0, 0.05) is 38.6 Å². The van der Waals surface area contributed by atoms with Gasteiger partial charge in [-0.1, -0.05) is 69.3 Å². The topological polar surface area (TPSA) is 6.48 Å². The SMILES string of the molecule is CN(Cc1cc(C(C)(C)C)cc(CN(C)c2ccccc2)c1P)c1ccccc1.